The Morgan fingerprint density at radius 2 is 2.00 bits per heavy atom. The van der Waals surface area contributed by atoms with Gasteiger partial charge in [-0.2, -0.15) is 0 Å². The maximum Gasteiger partial charge on any atom is 0.235 e. The highest BCUT2D eigenvalue weighted by molar-refractivity contribution is 5.87. The van der Waals surface area contributed by atoms with Crippen molar-refractivity contribution in [3.63, 3.8) is 0 Å². The van der Waals surface area contributed by atoms with Crippen molar-refractivity contribution in [2.45, 2.75) is 13.8 Å². The van der Waals surface area contributed by atoms with Gasteiger partial charge in [-0.15, -0.1) is 0 Å². The summed E-state index contributed by atoms with van der Waals surface area (Å²) in [4.78, 5) is 12.6. The number of nitrogens with zero attached hydrogens (tertiary/aromatic N) is 1. The number of benzene rings is 1. The number of hydrogen-bond donors (Lipinski definition) is 1. The van der Waals surface area contributed by atoms with E-state index in [-0.39, 0.29) is 5.75 Å². The normalized spacial score (nSPS) is 9.86. The number of phenolic OH excluding ortho intramolecular Hbond substituents is 1. The fourth-order valence-electron chi connectivity index (χ4n) is 1.49. The number of carbonyl (C=O) groups excluding carboxylic acids is 1. The highest BCUT2D eigenvalue weighted by Gasteiger charge is 2.12. The minimum absolute atomic E-state index is 0.134. The number of aromatic hydroxyl groups is 1. The molecule has 0 spiro atoms. The summed E-state index contributed by atoms with van der Waals surface area (Å²) in [6.07, 6.45) is 1.83. The van der Waals surface area contributed by atoms with Gasteiger partial charge >= 0.3 is 0 Å². The zero-order valence-electron chi connectivity index (χ0n) is 8.45. The average Bonchev–Trinajstić information content (AvgIpc) is 2.22. The van der Waals surface area contributed by atoms with E-state index in [0.29, 0.717) is 11.3 Å². The van der Waals surface area contributed by atoms with Crippen LogP contribution in [0.5, 0.6) is 5.75 Å². The van der Waals surface area contributed by atoms with Crippen molar-refractivity contribution in [1.29, 1.82) is 0 Å². The Kier molecular flexibility index (Phi) is 3.51. The summed E-state index contributed by atoms with van der Waals surface area (Å²) >= 11 is 0. The number of hydrogen-bond acceptors (Lipinski definition) is 3. The van der Waals surface area contributed by atoms with Crippen LogP contribution in [0, 0.1) is 0 Å². The van der Waals surface area contributed by atoms with Gasteiger partial charge in [0.1, 0.15) is 5.75 Å². The van der Waals surface area contributed by atoms with Crippen LogP contribution in [-0.2, 0) is 4.79 Å². The second-order valence-electron chi connectivity index (χ2n) is 2.95. The second-order valence-corrected chi connectivity index (χ2v) is 2.95. The van der Waals surface area contributed by atoms with E-state index in [1.807, 2.05) is 25.0 Å². The lowest BCUT2D eigenvalue weighted by atomic mass is 10.1. The molecule has 1 aromatic rings. The third kappa shape index (κ3) is 1.87. The summed E-state index contributed by atoms with van der Waals surface area (Å²) in [7, 11) is 0. The SMILES string of the molecule is CCN(CC)c1c(O)cccc1[C]=O. The van der Waals surface area contributed by atoms with Crippen molar-refractivity contribution in [1.82, 2.24) is 0 Å². The van der Waals surface area contributed by atoms with E-state index in [1.165, 1.54) is 0 Å². The van der Waals surface area contributed by atoms with E-state index >= 15 is 0 Å². The molecule has 0 heterocycles. The lowest BCUT2D eigenvalue weighted by Crippen LogP contribution is -2.23. The van der Waals surface area contributed by atoms with Crippen LogP contribution in [0.3, 0.4) is 0 Å². The molecule has 1 N–H and O–H groups in total. The van der Waals surface area contributed by atoms with Crippen LogP contribution in [0.2, 0.25) is 0 Å². The largest absolute Gasteiger partial charge is 0.506 e. The fourth-order valence-corrected chi connectivity index (χ4v) is 1.49. The third-order valence-electron chi connectivity index (χ3n) is 2.20. The van der Waals surface area contributed by atoms with Gasteiger partial charge in [0.05, 0.1) is 11.3 Å². The summed E-state index contributed by atoms with van der Waals surface area (Å²) in [5, 5.41) is 9.63. The van der Waals surface area contributed by atoms with Crippen LogP contribution in [0.25, 0.3) is 0 Å². The molecular weight excluding hydrogens is 178 g/mol. The van der Waals surface area contributed by atoms with Gasteiger partial charge in [0.25, 0.3) is 0 Å². The summed E-state index contributed by atoms with van der Waals surface area (Å²) in [5.41, 5.74) is 0.987. The van der Waals surface area contributed by atoms with Gasteiger partial charge in [0.2, 0.25) is 6.29 Å². The summed E-state index contributed by atoms with van der Waals surface area (Å²) in [6, 6.07) is 4.87. The van der Waals surface area contributed by atoms with Crippen LogP contribution in [0.1, 0.15) is 19.4 Å². The fraction of sp³-hybridized carbons (Fsp3) is 0.364. The molecule has 75 valence electrons. The molecule has 0 saturated heterocycles. The first kappa shape index (κ1) is 10.6. The Hall–Kier alpha value is -1.51. The van der Waals surface area contributed by atoms with Crippen molar-refractivity contribution < 1.29 is 9.90 Å². The van der Waals surface area contributed by atoms with Gasteiger partial charge in [-0.1, -0.05) is 6.07 Å². The Balaban J connectivity index is 3.21. The van der Waals surface area contributed by atoms with Crippen molar-refractivity contribution in [3.8, 4) is 5.75 Å². The van der Waals surface area contributed by atoms with E-state index in [4.69, 9.17) is 0 Å². The molecule has 0 amide bonds. The minimum Gasteiger partial charge on any atom is -0.506 e. The van der Waals surface area contributed by atoms with Crippen LogP contribution >= 0.6 is 0 Å². The number of rotatable bonds is 4. The molecule has 0 aliphatic heterocycles. The lowest BCUT2D eigenvalue weighted by Gasteiger charge is -2.23. The maximum absolute atomic E-state index is 10.7. The van der Waals surface area contributed by atoms with Crippen LogP contribution in [0.4, 0.5) is 5.69 Å². The molecule has 14 heavy (non-hydrogen) atoms. The first-order chi connectivity index (χ1) is 6.74. The van der Waals surface area contributed by atoms with Crippen molar-refractivity contribution in [2.24, 2.45) is 0 Å². The van der Waals surface area contributed by atoms with Gasteiger partial charge in [-0.3, -0.25) is 4.79 Å². The molecule has 0 saturated carbocycles. The van der Waals surface area contributed by atoms with Crippen molar-refractivity contribution in [3.05, 3.63) is 23.8 Å². The Morgan fingerprint density at radius 1 is 1.36 bits per heavy atom. The smallest absolute Gasteiger partial charge is 0.235 e. The lowest BCUT2D eigenvalue weighted by molar-refractivity contribution is 0.474. The summed E-state index contributed by atoms with van der Waals surface area (Å²) in [6.45, 7) is 5.46. The Bertz CT molecular complexity index is 319. The molecule has 0 atom stereocenters. The van der Waals surface area contributed by atoms with Crippen LogP contribution in [-0.4, -0.2) is 24.5 Å². The Morgan fingerprint density at radius 3 is 2.50 bits per heavy atom. The molecule has 0 bridgehead atoms. The van der Waals surface area contributed by atoms with Gasteiger partial charge in [-0.05, 0) is 26.0 Å². The summed E-state index contributed by atoms with van der Waals surface area (Å²) in [5.74, 6) is 0.134. The molecule has 3 nitrogen and oxygen atoms in total. The number of phenols is 1. The highest BCUT2D eigenvalue weighted by atomic mass is 16.3. The molecule has 0 unspecified atom stereocenters. The molecule has 0 aliphatic carbocycles. The van der Waals surface area contributed by atoms with Crippen molar-refractivity contribution >= 4 is 12.0 Å². The zero-order chi connectivity index (χ0) is 10.6. The molecule has 0 aromatic heterocycles. The average molecular weight is 192 g/mol. The predicted molar refractivity (Wildman–Crippen MR) is 56.5 cm³/mol. The molecule has 0 fully saturated rings. The third-order valence-corrected chi connectivity index (χ3v) is 2.20. The van der Waals surface area contributed by atoms with Gasteiger partial charge in [0, 0.05) is 13.1 Å². The van der Waals surface area contributed by atoms with Crippen LogP contribution < -0.4 is 4.90 Å². The van der Waals surface area contributed by atoms with E-state index in [2.05, 4.69) is 0 Å². The van der Waals surface area contributed by atoms with E-state index in [0.717, 1.165) is 13.1 Å². The van der Waals surface area contributed by atoms with E-state index in [1.54, 1.807) is 18.2 Å². The predicted octanol–water partition coefficient (Wildman–Crippen LogP) is 1.70. The first-order valence-corrected chi connectivity index (χ1v) is 4.69. The van der Waals surface area contributed by atoms with E-state index < -0.39 is 0 Å². The van der Waals surface area contributed by atoms with Crippen LogP contribution in [0.15, 0.2) is 18.2 Å². The van der Waals surface area contributed by atoms with Gasteiger partial charge in [0.15, 0.2) is 0 Å². The van der Waals surface area contributed by atoms with Gasteiger partial charge < -0.3 is 10.0 Å². The molecule has 1 radical (unpaired) electrons. The first-order valence-electron chi connectivity index (χ1n) is 4.69. The monoisotopic (exact) mass is 192 g/mol. The number of para-hydroxylation sites is 1. The maximum atomic E-state index is 10.7. The topological polar surface area (TPSA) is 40.5 Å². The van der Waals surface area contributed by atoms with E-state index in [9.17, 15) is 9.90 Å². The quantitative estimate of drug-likeness (QED) is 0.789. The van der Waals surface area contributed by atoms with Gasteiger partial charge in [-0.25, -0.2) is 0 Å². The molecule has 1 aromatic carbocycles. The van der Waals surface area contributed by atoms with Crippen molar-refractivity contribution in [2.75, 3.05) is 18.0 Å². The molecule has 0 aliphatic rings. The second kappa shape index (κ2) is 4.65. The molecular formula is C11H14NO2. The molecule has 1 rings (SSSR count). The minimum atomic E-state index is 0.134. The summed E-state index contributed by atoms with van der Waals surface area (Å²) < 4.78 is 0. The highest BCUT2D eigenvalue weighted by Crippen LogP contribution is 2.29. The zero-order valence-corrected chi connectivity index (χ0v) is 8.45. The Labute approximate surface area is 84.0 Å². The number of anilines is 1. The molecule has 3 heteroatoms. The standard InChI is InChI=1S/C11H14NO2/c1-3-12(4-2)11-9(8-13)6-5-7-10(11)14/h5-7,14H,3-4H2,1-2H3.